The number of hydrogen-bond donors (Lipinski definition) is 0. The van der Waals surface area contributed by atoms with Gasteiger partial charge in [0.05, 0.1) is 24.2 Å². The average Bonchev–Trinajstić information content (AvgIpc) is 3.31. The molecule has 5 heteroatoms. The van der Waals surface area contributed by atoms with E-state index < -0.39 is 11.4 Å². The number of rotatable bonds is 7. The molecule has 1 fully saturated rings. The molecule has 0 spiro atoms. The Morgan fingerprint density at radius 2 is 1.92 bits per heavy atom. The minimum absolute atomic E-state index is 0.285. The summed E-state index contributed by atoms with van der Waals surface area (Å²) in [4.78, 5) is 24.7. The van der Waals surface area contributed by atoms with Crippen LogP contribution in [0.2, 0.25) is 0 Å². The summed E-state index contributed by atoms with van der Waals surface area (Å²) in [5, 5.41) is 0. The molecule has 0 saturated heterocycles. The van der Waals surface area contributed by atoms with E-state index in [9.17, 15) is 9.59 Å². The topological polar surface area (TPSA) is 65.7 Å². The van der Waals surface area contributed by atoms with Crippen molar-refractivity contribution in [2.45, 2.75) is 45.4 Å². The van der Waals surface area contributed by atoms with Gasteiger partial charge in [0.1, 0.15) is 17.1 Å². The zero-order valence-corrected chi connectivity index (χ0v) is 15.0. The van der Waals surface area contributed by atoms with Gasteiger partial charge < -0.3 is 13.9 Å². The van der Waals surface area contributed by atoms with Crippen LogP contribution in [0.25, 0.3) is 6.08 Å². The summed E-state index contributed by atoms with van der Waals surface area (Å²) >= 11 is 0. The lowest BCUT2D eigenvalue weighted by Crippen LogP contribution is -2.43. The maximum Gasteiger partial charge on any atom is 0.342 e. The van der Waals surface area contributed by atoms with Gasteiger partial charge in [-0.1, -0.05) is 12.2 Å². The minimum atomic E-state index is -0.487. The molecule has 1 aromatic rings. The SMILES string of the molecule is C=Cc1oc(C2(C3CC3)CC(C)=C2C(=O)OCC)cc1C(=O)OCC. The first-order valence-corrected chi connectivity index (χ1v) is 8.80. The van der Waals surface area contributed by atoms with E-state index in [4.69, 9.17) is 13.9 Å². The van der Waals surface area contributed by atoms with Crippen molar-refractivity contribution in [1.82, 2.24) is 0 Å². The van der Waals surface area contributed by atoms with Crippen LogP contribution in [0.4, 0.5) is 0 Å². The van der Waals surface area contributed by atoms with E-state index in [1.54, 1.807) is 19.9 Å². The van der Waals surface area contributed by atoms with Gasteiger partial charge in [0.2, 0.25) is 0 Å². The molecule has 25 heavy (non-hydrogen) atoms. The molecule has 1 aromatic heterocycles. The van der Waals surface area contributed by atoms with E-state index in [1.807, 2.05) is 6.92 Å². The fraction of sp³-hybridized carbons (Fsp3) is 0.500. The lowest BCUT2D eigenvalue weighted by molar-refractivity contribution is -0.140. The number of ether oxygens (including phenoxy) is 2. The zero-order chi connectivity index (χ0) is 18.2. The van der Waals surface area contributed by atoms with Crippen LogP contribution in [-0.2, 0) is 19.7 Å². The molecule has 2 aliphatic carbocycles. The summed E-state index contributed by atoms with van der Waals surface area (Å²) in [6.07, 6.45) is 4.33. The highest BCUT2D eigenvalue weighted by Crippen LogP contribution is 2.61. The maximum atomic E-state index is 12.5. The highest BCUT2D eigenvalue weighted by molar-refractivity contribution is 5.96. The van der Waals surface area contributed by atoms with Gasteiger partial charge in [-0.05, 0) is 58.1 Å². The van der Waals surface area contributed by atoms with Crippen LogP contribution in [0.3, 0.4) is 0 Å². The Morgan fingerprint density at radius 3 is 2.44 bits per heavy atom. The second-order valence-electron chi connectivity index (χ2n) is 6.61. The molecule has 0 aliphatic heterocycles. The molecular weight excluding hydrogens is 320 g/mol. The highest BCUT2D eigenvalue weighted by Gasteiger charge is 2.59. The standard InChI is InChI=1S/C20H24O5/c1-5-15-14(18(21)23-6-2)10-16(25-15)20(13-8-9-13)11-12(4)17(20)19(22)24-7-3/h5,10,13H,1,6-9,11H2,2-4H3. The van der Waals surface area contributed by atoms with E-state index in [0.29, 0.717) is 35.2 Å². The van der Waals surface area contributed by atoms with Gasteiger partial charge in [-0.25, -0.2) is 9.59 Å². The van der Waals surface area contributed by atoms with Gasteiger partial charge in [0, 0.05) is 0 Å². The van der Waals surface area contributed by atoms with Crippen molar-refractivity contribution in [3.05, 3.63) is 40.9 Å². The van der Waals surface area contributed by atoms with Crippen LogP contribution >= 0.6 is 0 Å². The molecule has 1 atom stereocenters. The third kappa shape index (κ3) is 2.71. The number of allylic oxidation sites excluding steroid dienone is 1. The predicted octanol–water partition coefficient (Wildman–Crippen LogP) is 4.03. The van der Waals surface area contributed by atoms with E-state index in [0.717, 1.165) is 24.8 Å². The van der Waals surface area contributed by atoms with Gasteiger partial charge in [-0.2, -0.15) is 0 Å². The van der Waals surface area contributed by atoms with Crippen molar-refractivity contribution in [2.75, 3.05) is 13.2 Å². The lowest BCUT2D eigenvalue weighted by Gasteiger charge is -2.43. The Hall–Kier alpha value is -2.30. The molecule has 5 nitrogen and oxygen atoms in total. The third-order valence-corrected chi connectivity index (χ3v) is 5.05. The molecule has 0 N–H and O–H groups in total. The van der Waals surface area contributed by atoms with Crippen molar-refractivity contribution >= 4 is 18.0 Å². The van der Waals surface area contributed by atoms with Gasteiger partial charge in [-0.15, -0.1) is 0 Å². The minimum Gasteiger partial charge on any atom is -0.463 e. The largest absolute Gasteiger partial charge is 0.463 e. The highest BCUT2D eigenvalue weighted by atomic mass is 16.5. The van der Waals surface area contributed by atoms with Crippen LogP contribution in [0, 0.1) is 5.92 Å². The Kier molecular flexibility index (Phi) is 4.58. The van der Waals surface area contributed by atoms with Gasteiger partial charge in [0.25, 0.3) is 0 Å². The normalized spacial score (nSPS) is 22.4. The third-order valence-electron chi connectivity index (χ3n) is 5.05. The van der Waals surface area contributed by atoms with E-state index in [-0.39, 0.29) is 12.6 Å². The monoisotopic (exact) mass is 344 g/mol. The summed E-state index contributed by atoms with van der Waals surface area (Å²) in [5.41, 5.74) is 1.59. The van der Waals surface area contributed by atoms with Gasteiger partial charge in [-0.3, -0.25) is 0 Å². The van der Waals surface area contributed by atoms with E-state index in [2.05, 4.69) is 6.58 Å². The second-order valence-corrected chi connectivity index (χ2v) is 6.61. The number of hydrogen-bond acceptors (Lipinski definition) is 5. The van der Waals surface area contributed by atoms with Crippen molar-refractivity contribution in [2.24, 2.45) is 5.92 Å². The number of esters is 2. The quantitative estimate of drug-likeness (QED) is 0.699. The molecule has 0 amide bonds. The molecule has 0 bridgehead atoms. The van der Waals surface area contributed by atoms with E-state index >= 15 is 0 Å². The first-order valence-electron chi connectivity index (χ1n) is 8.80. The zero-order valence-electron chi connectivity index (χ0n) is 15.0. The Labute approximate surface area is 147 Å². The van der Waals surface area contributed by atoms with Crippen LogP contribution < -0.4 is 0 Å². The molecule has 134 valence electrons. The molecule has 2 aliphatic rings. The fourth-order valence-electron chi connectivity index (χ4n) is 3.91. The van der Waals surface area contributed by atoms with Crippen LogP contribution in [0.1, 0.15) is 61.9 Å². The molecule has 1 saturated carbocycles. The summed E-state index contributed by atoms with van der Waals surface area (Å²) in [6.45, 7) is 9.86. The predicted molar refractivity (Wildman–Crippen MR) is 93.1 cm³/mol. The van der Waals surface area contributed by atoms with Crippen LogP contribution in [-0.4, -0.2) is 25.2 Å². The first-order chi connectivity index (χ1) is 12.0. The molecule has 3 rings (SSSR count). The first kappa shape index (κ1) is 17.5. The Bertz CT molecular complexity index is 750. The second kappa shape index (κ2) is 6.54. The summed E-state index contributed by atoms with van der Waals surface area (Å²) in [6, 6.07) is 1.72. The number of furan rings is 1. The molecule has 1 heterocycles. The van der Waals surface area contributed by atoms with Crippen molar-refractivity contribution < 1.29 is 23.5 Å². The van der Waals surface area contributed by atoms with Crippen molar-refractivity contribution in [1.29, 1.82) is 0 Å². The van der Waals surface area contributed by atoms with Gasteiger partial charge in [0.15, 0.2) is 0 Å². The molecule has 0 aromatic carbocycles. The number of carbonyl (C=O) groups is 2. The summed E-state index contributed by atoms with van der Waals surface area (Å²) in [5.74, 6) is 0.653. The maximum absolute atomic E-state index is 12.5. The fourth-order valence-corrected chi connectivity index (χ4v) is 3.91. The summed E-state index contributed by atoms with van der Waals surface area (Å²) < 4.78 is 16.4. The smallest absolute Gasteiger partial charge is 0.342 e. The molecule has 1 unspecified atom stereocenters. The Balaban J connectivity index is 2.05. The van der Waals surface area contributed by atoms with Crippen LogP contribution in [0.5, 0.6) is 0 Å². The van der Waals surface area contributed by atoms with Crippen LogP contribution in [0.15, 0.2) is 28.2 Å². The van der Waals surface area contributed by atoms with E-state index in [1.165, 1.54) is 6.08 Å². The lowest BCUT2D eigenvalue weighted by atomic mass is 9.59. The number of carbonyl (C=O) groups excluding carboxylic acids is 2. The molecule has 0 radical (unpaired) electrons. The van der Waals surface area contributed by atoms with Crippen molar-refractivity contribution in [3.63, 3.8) is 0 Å². The average molecular weight is 344 g/mol. The molecular formula is C20H24O5. The summed E-state index contributed by atoms with van der Waals surface area (Å²) in [7, 11) is 0. The van der Waals surface area contributed by atoms with Gasteiger partial charge >= 0.3 is 11.9 Å². The van der Waals surface area contributed by atoms with Crippen molar-refractivity contribution in [3.8, 4) is 0 Å². The Morgan fingerprint density at radius 1 is 1.28 bits per heavy atom.